The highest BCUT2D eigenvalue weighted by Crippen LogP contribution is 2.39. The molecule has 2 aliphatic rings. The van der Waals surface area contributed by atoms with Gasteiger partial charge in [0.15, 0.2) is 5.96 Å². The Labute approximate surface area is 220 Å². The maximum absolute atomic E-state index is 12.7. The van der Waals surface area contributed by atoms with Gasteiger partial charge in [0.05, 0.1) is 12.6 Å². The molecule has 2 aromatic rings. The molecule has 1 amide bonds. The number of nitrogens with one attached hydrogen (secondary N) is 2. The third-order valence-electron chi connectivity index (χ3n) is 6.30. The van der Waals surface area contributed by atoms with Crippen molar-refractivity contribution in [1.29, 1.82) is 0 Å². The number of hydrogen-bond donors (Lipinski definition) is 2. The number of amides is 1. The number of ether oxygens (including phenoxy) is 1. The molecule has 0 aromatic heterocycles. The first-order valence-corrected chi connectivity index (χ1v) is 12.2. The minimum atomic E-state index is -0.250. The van der Waals surface area contributed by atoms with Crippen molar-refractivity contribution in [2.75, 3.05) is 19.6 Å². The summed E-state index contributed by atoms with van der Waals surface area (Å²) in [4.78, 5) is 19.5. The van der Waals surface area contributed by atoms with Crippen molar-refractivity contribution in [2.24, 2.45) is 4.99 Å². The molecule has 2 aromatic carbocycles. The lowest BCUT2D eigenvalue weighted by molar-refractivity contribution is 0.0693. The number of rotatable bonds is 5. The first kappa shape index (κ1) is 26.3. The molecule has 0 radical (unpaired) electrons. The van der Waals surface area contributed by atoms with Crippen molar-refractivity contribution in [3.8, 4) is 5.75 Å². The molecule has 184 valence electrons. The highest BCUT2D eigenvalue weighted by molar-refractivity contribution is 14.0. The van der Waals surface area contributed by atoms with Crippen LogP contribution in [0.1, 0.15) is 74.0 Å². The summed E-state index contributed by atoms with van der Waals surface area (Å²) in [5.74, 6) is 1.85. The van der Waals surface area contributed by atoms with Crippen molar-refractivity contribution in [3.63, 3.8) is 0 Å². The minimum absolute atomic E-state index is 0. The van der Waals surface area contributed by atoms with Crippen LogP contribution in [-0.2, 0) is 6.54 Å². The number of benzene rings is 2. The fourth-order valence-electron chi connectivity index (χ4n) is 4.62. The Kier molecular flexibility index (Phi) is 9.22. The number of nitrogens with zero attached hydrogens (tertiary/aromatic N) is 2. The first-order chi connectivity index (χ1) is 15.9. The molecule has 0 spiro atoms. The van der Waals surface area contributed by atoms with E-state index in [2.05, 4.69) is 37.5 Å². The van der Waals surface area contributed by atoms with Crippen LogP contribution in [0.3, 0.4) is 0 Å². The summed E-state index contributed by atoms with van der Waals surface area (Å²) in [6.07, 6.45) is 4.28. The summed E-state index contributed by atoms with van der Waals surface area (Å²) >= 11 is 0. The van der Waals surface area contributed by atoms with Gasteiger partial charge in [-0.15, -0.1) is 24.0 Å². The van der Waals surface area contributed by atoms with Crippen molar-refractivity contribution in [3.05, 3.63) is 65.2 Å². The maximum atomic E-state index is 12.7. The van der Waals surface area contributed by atoms with Crippen molar-refractivity contribution >= 4 is 35.8 Å². The number of para-hydroxylation sites is 1. The number of carbonyl (C=O) groups is 1. The molecule has 0 aliphatic carbocycles. The average Bonchev–Trinajstić information content (AvgIpc) is 2.82. The van der Waals surface area contributed by atoms with E-state index in [4.69, 9.17) is 9.73 Å². The Morgan fingerprint density at radius 3 is 2.50 bits per heavy atom. The molecule has 7 heteroatoms. The molecule has 6 nitrogen and oxygen atoms in total. The molecule has 0 bridgehead atoms. The third-order valence-corrected chi connectivity index (χ3v) is 6.30. The molecule has 1 saturated heterocycles. The maximum Gasteiger partial charge on any atom is 0.253 e. The Hall–Kier alpha value is -2.29. The molecule has 2 N–H and O–H groups in total. The van der Waals surface area contributed by atoms with Crippen molar-refractivity contribution < 1.29 is 9.53 Å². The van der Waals surface area contributed by atoms with Gasteiger partial charge >= 0.3 is 0 Å². The topological polar surface area (TPSA) is 66.0 Å². The van der Waals surface area contributed by atoms with E-state index in [1.165, 1.54) is 6.42 Å². The predicted molar refractivity (Wildman–Crippen MR) is 148 cm³/mol. The summed E-state index contributed by atoms with van der Waals surface area (Å²) in [6, 6.07) is 16.2. The average molecular weight is 577 g/mol. The second kappa shape index (κ2) is 11.9. The Morgan fingerprint density at radius 1 is 1.09 bits per heavy atom. The van der Waals surface area contributed by atoms with E-state index in [0.717, 1.165) is 67.3 Å². The number of guanidine groups is 1. The van der Waals surface area contributed by atoms with E-state index in [1.807, 2.05) is 47.4 Å². The van der Waals surface area contributed by atoms with Crippen LogP contribution in [0, 0.1) is 0 Å². The number of carbonyl (C=O) groups excluding carboxylic acids is 1. The molecule has 0 saturated carbocycles. The molecular weight excluding hydrogens is 539 g/mol. The van der Waals surface area contributed by atoms with Crippen molar-refractivity contribution in [1.82, 2.24) is 15.5 Å². The van der Waals surface area contributed by atoms with Gasteiger partial charge in [-0.3, -0.25) is 4.79 Å². The summed E-state index contributed by atoms with van der Waals surface area (Å²) in [7, 11) is 0. The number of fused-ring (bicyclic) bond motifs is 1. The van der Waals surface area contributed by atoms with E-state index in [-0.39, 0.29) is 41.5 Å². The molecule has 1 atom stereocenters. The molecule has 2 aliphatic heterocycles. The van der Waals surface area contributed by atoms with Gasteiger partial charge in [-0.2, -0.15) is 0 Å². The minimum Gasteiger partial charge on any atom is -0.487 e. The van der Waals surface area contributed by atoms with Gasteiger partial charge in [0.2, 0.25) is 0 Å². The monoisotopic (exact) mass is 576 g/mol. The third kappa shape index (κ3) is 6.64. The van der Waals surface area contributed by atoms with E-state index in [9.17, 15) is 4.79 Å². The normalized spacial score (nSPS) is 19.3. The van der Waals surface area contributed by atoms with Crippen LogP contribution in [0.15, 0.2) is 53.5 Å². The van der Waals surface area contributed by atoms with Crippen LogP contribution in [0.25, 0.3) is 0 Å². The zero-order valence-electron chi connectivity index (χ0n) is 20.5. The number of likely N-dealkylation sites (tertiary alicyclic amines) is 1. The van der Waals surface area contributed by atoms with Gasteiger partial charge in [0, 0.05) is 37.2 Å². The second-order valence-electron chi connectivity index (χ2n) is 9.55. The zero-order valence-corrected chi connectivity index (χ0v) is 22.8. The van der Waals surface area contributed by atoms with Gasteiger partial charge in [0.1, 0.15) is 11.4 Å². The van der Waals surface area contributed by atoms with E-state index >= 15 is 0 Å². The van der Waals surface area contributed by atoms with E-state index in [0.29, 0.717) is 6.54 Å². The lowest BCUT2D eigenvalue weighted by atomic mass is 9.90. The summed E-state index contributed by atoms with van der Waals surface area (Å²) < 4.78 is 6.16. The molecule has 1 unspecified atom stereocenters. The Balaban J connectivity index is 0.00000324. The fourth-order valence-corrected chi connectivity index (χ4v) is 4.62. The first-order valence-electron chi connectivity index (χ1n) is 12.2. The van der Waals surface area contributed by atoms with Crippen LogP contribution < -0.4 is 15.4 Å². The van der Waals surface area contributed by atoms with Crippen LogP contribution in [-0.4, -0.2) is 42.0 Å². The molecular formula is C27H37IN4O2. The van der Waals surface area contributed by atoms with Crippen LogP contribution >= 0.6 is 24.0 Å². The Bertz CT molecular complexity index is 984. The predicted octanol–water partition coefficient (Wildman–Crippen LogP) is 5.29. The van der Waals surface area contributed by atoms with Crippen LogP contribution in [0.5, 0.6) is 5.75 Å². The van der Waals surface area contributed by atoms with Gasteiger partial charge < -0.3 is 20.3 Å². The summed E-state index contributed by atoms with van der Waals surface area (Å²) in [5.41, 5.74) is 2.74. The van der Waals surface area contributed by atoms with Crippen molar-refractivity contribution in [2.45, 2.75) is 64.6 Å². The quantitative estimate of drug-likeness (QED) is 0.289. The summed E-state index contributed by atoms with van der Waals surface area (Å²) in [5, 5.41) is 6.98. The van der Waals surface area contributed by atoms with Gasteiger partial charge in [-0.05, 0) is 63.8 Å². The lowest BCUT2D eigenvalue weighted by Crippen LogP contribution is -2.45. The molecule has 1 fully saturated rings. The largest absolute Gasteiger partial charge is 0.487 e. The number of piperidine rings is 1. The highest BCUT2D eigenvalue weighted by atomic mass is 127. The molecule has 4 rings (SSSR count). The van der Waals surface area contributed by atoms with E-state index < -0.39 is 0 Å². The molecule has 2 heterocycles. The standard InChI is InChI=1S/C27H36N4O2.HI/c1-4-28-26(30-23-18-27(2,3)33-24-11-7-6-10-22(23)24)29-19-20-12-14-21(15-13-20)25(32)31-16-8-5-9-17-31;/h6-7,10-15,23H,4-5,8-9,16-19H2,1-3H3,(H2,28,29,30);1H. The Morgan fingerprint density at radius 2 is 1.79 bits per heavy atom. The highest BCUT2D eigenvalue weighted by Gasteiger charge is 2.34. The van der Waals surface area contributed by atoms with Crippen LogP contribution in [0.4, 0.5) is 0 Å². The number of hydrogen-bond acceptors (Lipinski definition) is 3. The lowest BCUT2D eigenvalue weighted by Gasteiger charge is -2.38. The van der Waals surface area contributed by atoms with E-state index in [1.54, 1.807) is 0 Å². The zero-order chi connectivity index (χ0) is 23.3. The number of aliphatic imine (C=N–C) groups is 1. The molecule has 34 heavy (non-hydrogen) atoms. The van der Waals surface area contributed by atoms with Gasteiger partial charge in [-0.25, -0.2) is 4.99 Å². The fraction of sp³-hybridized carbons (Fsp3) is 0.481. The van der Waals surface area contributed by atoms with Gasteiger partial charge in [-0.1, -0.05) is 30.3 Å². The second-order valence-corrected chi connectivity index (χ2v) is 9.55. The SMILES string of the molecule is CCNC(=NCc1ccc(C(=O)N2CCCCC2)cc1)NC1CC(C)(C)Oc2ccccc21.I. The number of halogens is 1. The smallest absolute Gasteiger partial charge is 0.253 e. The van der Waals surface area contributed by atoms with Crippen LogP contribution in [0.2, 0.25) is 0 Å². The van der Waals surface area contributed by atoms with Gasteiger partial charge in [0.25, 0.3) is 5.91 Å². The summed E-state index contributed by atoms with van der Waals surface area (Å²) in [6.45, 7) is 9.37.